The number of rotatable bonds is 1. The third-order valence-corrected chi connectivity index (χ3v) is 5.94. The van der Waals surface area contributed by atoms with Crippen LogP contribution in [0, 0.1) is 7.14 Å². The van der Waals surface area contributed by atoms with Crippen molar-refractivity contribution in [2.45, 2.75) is 0 Å². The number of imidazole rings is 1. The molecule has 0 radical (unpaired) electrons. The van der Waals surface area contributed by atoms with Crippen molar-refractivity contribution in [3.05, 3.63) is 67.8 Å². The number of nitrogens with one attached hydrogen (secondary N) is 1. The van der Waals surface area contributed by atoms with E-state index < -0.39 is 0 Å². The van der Waals surface area contributed by atoms with Gasteiger partial charge in [-0.15, -0.1) is 0 Å². The lowest BCUT2D eigenvalue weighted by molar-refractivity contribution is 0.475. The van der Waals surface area contributed by atoms with Gasteiger partial charge in [-0.3, -0.25) is 0 Å². The van der Waals surface area contributed by atoms with Gasteiger partial charge in [-0.1, -0.05) is 24.3 Å². The Morgan fingerprint density at radius 1 is 0.769 bits per heavy atom. The Balaban J connectivity index is 1.97. The van der Waals surface area contributed by atoms with Gasteiger partial charge in [0.1, 0.15) is 11.6 Å². The fraction of sp³-hybridized carbons (Fsp3) is 0. The number of hydrogen-bond acceptors (Lipinski definition) is 2. The van der Waals surface area contributed by atoms with Crippen LogP contribution in [0.3, 0.4) is 0 Å². The quantitative estimate of drug-likeness (QED) is 0.182. The molecular weight excluding hydrogens is 550 g/mol. The van der Waals surface area contributed by atoms with Crippen LogP contribution in [0.25, 0.3) is 44.0 Å². The van der Waals surface area contributed by atoms with Gasteiger partial charge in [0, 0.05) is 23.5 Å². The normalized spacial score (nSPS) is 11.6. The van der Waals surface area contributed by atoms with E-state index in [1.54, 1.807) is 12.1 Å². The lowest BCUT2D eigenvalue weighted by Gasteiger charge is -2.07. The van der Waals surface area contributed by atoms with Gasteiger partial charge in [-0.25, -0.2) is 4.98 Å². The van der Waals surface area contributed by atoms with Crippen LogP contribution in [0.5, 0.6) is 5.75 Å². The first-order chi connectivity index (χ1) is 12.6. The van der Waals surface area contributed by atoms with Gasteiger partial charge in [0.25, 0.3) is 0 Å². The summed E-state index contributed by atoms with van der Waals surface area (Å²) in [6.07, 6.45) is 0. The average molecular weight is 562 g/mol. The van der Waals surface area contributed by atoms with Crippen LogP contribution in [0.1, 0.15) is 0 Å². The molecule has 5 rings (SSSR count). The topological polar surface area (TPSA) is 48.9 Å². The predicted molar refractivity (Wildman–Crippen MR) is 124 cm³/mol. The van der Waals surface area contributed by atoms with Crippen molar-refractivity contribution in [2.75, 3.05) is 0 Å². The number of nitrogens with zero attached hydrogens (tertiary/aromatic N) is 1. The van der Waals surface area contributed by atoms with Crippen LogP contribution >= 0.6 is 45.2 Å². The van der Waals surface area contributed by atoms with Gasteiger partial charge in [-0.2, -0.15) is 0 Å². The number of fused-ring (bicyclic) bond motifs is 6. The van der Waals surface area contributed by atoms with Gasteiger partial charge < -0.3 is 10.1 Å². The molecular formula is C21H12I2N2O. The first-order valence-corrected chi connectivity index (χ1v) is 10.3. The summed E-state index contributed by atoms with van der Waals surface area (Å²) < 4.78 is 2.37. The zero-order valence-corrected chi connectivity index (χ0v) is 17.7. The molecule has 2 N–H and O–H groups in total. The number of hydrogen-bond donors (Lipinski definition) is 2. The molecule has 0 bridgehead atoms. The Morgan fingerprint density at radius 2 is 1.46 bits per heavy atom. The molecule has 5 heteroatoms. The molecule has 0 fully saturated rings. The molecule has 0 aliphatic heterocycles. The first kappa shape index (κ1) is 16.3. The second kappa shape index (κ2) is 6.09. The summed E-state index contributed by atoms with van der Waals surface area (Å²) in [4.78, 5) is 8.39. The summed E-state index contributed by atoms with van der Waals surface area (Å²) in [7, 11) is 0. The lowest BCUT2D eigenvalue weighted by Crippen LogP contribution is -1.84. The molecule has 126 valence electrons. The highest BCUT2D eigenvalue weighted by molar-refractivity contribution is 14.1. The fourth-order valence-corrected chi connectivity index (χ4v) is 4.44. The molecule has 26 heavy (non-hydrogen) atoms. The SMILES string of the molecule is Oc1cccc(-c2nc3c4cc(I)ccc4c4ccc(I)cc4c3[nH]2)c1. The minimum Gasteiger partial charge on any atom is -0.508 e. The van der Waals surface area contributed by atoms with E-state index in [-0.39, 0.29) is 5.75 Å². The van der Waals surface area contributed by atoms with Gasteiger partial charge in [0.15, 0.2) is 0 Å². The Bertz CT molecular complexity index is 1250. The molecule has 1 aromatic heterocycles. The maximum absolute atomic E-state index is 9.82. The van der Waals surface area contributed by atoms with Crippen molar-refractivity contribution in [3.8, 4) is 17.1 Å². The smallest absolute Gasteiger partial charge is 0.138 e. The molecule has 0 saturated heterocycles. The van der Waals surface area contributed by atoms with E-state index in [0.717, 1.165) is 27.8 Å². The standard InChI is InChI=1S/C21H12I2N2O/c22-12-4-6-15-16-7-5-13(23)10-18(16)20-19(17(15)9-12)24-21(25-20)11-2-1-3-14(26)8-11/h1-10,26H,(H,24,25). The summed E-state index contributed by atoms with van der Waals surface area (Å²) in [6, 6.07) is 20.2. The first-order valence-electron chi connectivity index (χ1n) is 8.10. The van der Waals surface area contributed by atoms with Crippen LogP contribution in [0.15, 0.2) is 60.7 Å². The molecule has 4 aromatic carbocycles. The van der Waals surface area contributed by atoms with Crippen molar-refractivity contribution < 1.29 is 5.11 Å². The van der Waals surface area contributed by atoms with Crippen LogP contribution in [0.2, 0.25) is 0 Å². The molecule has 3 nitrogen and oxygen atoms in total. The molecule has 0 aliphatic carbocycles. The third kappa shape index (κ3) is 2.56. The van der Waals surface area contributed by atoms with Crippen molar-refractivity contribution in [3.63, 3.8) is 0 Å². The monoisotopic (exact) mass is 562 g/mol. The average Bonchev–Trinajstić information content (AvgIpc) is 3.08. The number of phenols is 1. The second-order valence-electron chi connectivity index (χ2n) is 6.24. The summed E-state index contributed by atoms with van der Waals surface area (Å²) in [5, 5.41) is 14.6. The van der Waals surface area contributed by atoms with Gasteiger partial charge in [0.05, 0.1) is 11.0 Å². The molecule has 5 aromatic rings. The Morgan fingerprint density at radius 3 is 2.19 bits per heavy atom. The number of benzene rings is 4. The Labute approximate surface area is 176 Å². The second-order valence-corrected chi connectivity index (χ2v) is 8.73. The maximum atomic E-state index is 9.82. The van der Waals surface area contributed by atoms with E-state index in [9.17, 15) is 5.11 Å². The van der Waals surface area contributed by atoms with E-state index in [1.165, 1.54) is 23.3 Å². The summed E-state index contributed by atoms with van der Waals surface area (Å²) in [5.41, 5.74) is 2.87. The number of phenolic OH excluding ortho intramolecular Hbond substituents is 1. The van der Waals surface area contributed by atoms with Crippen molar-refractivity contribution in [1.82, 2.24) is 9.97 Å². The zero-order chi connectivity index (χ0) is 17.8. The van der Waals surface area contributed by atoms with Gasteiger partial charge >= 0.3 is 0 Å². The maximum Gasteiger partial charge on any atom is 0.138 e. The number of aromatic amines is 1. The van der Waals surface area contributed by atoms with Crippen molar-refractivity contribution >= 4 is 77.8 Å². The largest absolute Gasteiger partial charge is 0.508 e. The van der Waals surface area contributed by atoms with Crippen LogP contribution in [-0.2, 0) is 0 Å². The van der Waals surface area contributed by atoms with E-state index in [2.05, 4.69) is 86.6 Å². The lowest BCUT2D eigenvalue weighted by atomic mass is 10.0. The number of H-pyrrole nitrogens is 1. The minimum absolute atomic E-state index is 0.238. The zero-order valence-electron chi connectivity index (χ0n) is 13.4. The third-order valence-electron chi connectivity index (χ3n) is 4.60. The highest BCUT2D eigenvalue weighted by Gasteiger charge is 2.14. The van der Waals surface area contributed by atoms with E-state index in [1.807, 2.05) is 12.1 Å². The van der Waals surface area contributed by atoms with E-state index >= 15 is 0 Å². The summed E-state index contributed by atoms with van der Waals surface area (Å²) in [5.74, 6) is 1.00. The molecule has 0 atom stereocenters. The van der Waals surface area contributed by atoms with Crippen LogP contribution in [-0.4, -0.2) is 15.1 Å². The highest BCUT2D eigenvalue weighted by Crippen LogP contribution is 2.36. The number of aromatic hydroxyl groups is 1. The molecule has 0 aliphatic rings. The van der Waals surface area contributed by atoms with Crippen LogP contribution in [0.4, 0.5) is 0 Å². The Kier molecular flexibility index (Phi) is 3.82. The molecule has 0 unspecified atom stereocenters. The van der Waals surface area contributed by atoms with Gasteiger partial charge in [0.2, 0.25) is 0 Å². The summed E-state index contributed by atoms with van der Waals surface area (Å²) in [6.45, 7) is 0. The van der Waals surface area contributed by atoms with Crippen molar-refractivity contribution in [2.24, 2.45) is 0 Å². The minimum atomic E-state index is 0.238. The fourth-order valence-electron chi connectivity index (χ4n) is 3.46. The summed E-state index contributed by atoms with van der Waals surface area (Å²) >= 11 is 4.68. The molecule has 0 amide bonds. The molecule has 1 heterocycles. The Hall–Kier alpha value is -1.87. The van der Waals surface area contributed by atoms with Crippen LogP contribution < -0.4 is 0 Å². The highest BCUT2D eigenvalue weighted by atomic mass is 127. The number of aromatic nitrogens is 2. The van der Waals surface area contributed by atoms with E-state index in [0.29, 0.717) is 0 Å². The van der Waals surface area contributed by atoms with Gasteiger partial charge in [-0.05, 0) is 92.4 Å². The molecule has 0 saturated carbocycles. The predicted octanol–water partition coefficient (Wildman–Crippen LogP) is 6.45. The number of halogens is 2. The molecule has 0 spiro atoms. The van der Waals surface area contributed by atoms with E-state index in [4.69, 9.17) is 4.98 Å². The van der Waals surface area contributed by atoms with Crippen molar-refractivity contribution in [1.29, 1.82) is 0 Å².